The van der Waals surface area contributed by atoms with E-state index in [9.17, 15) is 0 Å². The van der Waals surface area contributed by atoms with Crippen LogP contribution >= 0.6 is 0 Å². The Kier molecular flexibility index (Phi) is 4.74. The molecule has 0 spiro atoms. The molecule has 2 aliphatic rings. The van der Waals surface area contributed by atoms with Gasteiger partial charge in [-0.05, 0) is 50.3 Å². The molecule has 3 unspecified atom stereocenters. The number of hydrogen-bond acceptors (Lipinski definition) is 2. The molecular weight excluding hydrogens is 244 g/mol. The third-order valence-electron chi connectivity index (χ3n) is 5.18. The fraction of sp³-hybridized carbons (Fsp3) is 0.667. The van der Waals surface area contributed by atoms with Crippen molar-refractivity contribution in [2.45, 2.75) is 51.1 Å². The molecule has 1 aromatic carbocycles. The SMILES string of the molecule is CCNC(CN1CCCC2CCCC21)c1ccccc1. The second kappa shape index (κ2) is 6.73. The van der Waals surface area contributed by atoms with E-state index < -0.39 is 0 Å². The molecule has 1 saturated heterocycles. The molecule has 0 bridgehead atoms. The number of rotatable bonds is 5. The number of hydrogen-bond donors (Lipinski definition) is 1. The Morgan fingerprint density at radius 3 is 2.75 bits per heavy atom. The minimum Gasteiger partial charge on any atom is -0.309 e. The van der Waals surface area contributed by atoms with Gasteiger partial charge in [0, 0.05) is 18.6 Å². The van der Waals surface area contributed by atoms with Crippen molar-refractivity contribution in [2.75, 3.05) is 19.6 Å². The van der Waals surface area contributed by atoms with Gasteiger partial charge >= 0.3 is 0 Å². The third-order valence-corrected chi connectivity index (χ3v) is 5.18. The lowest BCUT2D eigenvalue weighted by Crippen LogP contribution is -2.46. The van der Waals surface area contributed by atoms with Crippen LogP contribution < -0.4 is 5.32 Å². The second-order valence-corrected chi connectivity index (χ2v) is 6.42. The highest BCUT2D eigenvalue weighted by atomic mass is 15.2. The van der Waals surface area contributed by atoms with E-state index in [4.69, 9.17) is 0 Å². The van der Waals surface area contributed by atoms with E-state index in [1.807, 2.05) is 0 Å². The van der Waals surface area contributed by atoms with Crippen molar-refractivity contribution < 1.29 is 0 Å². The predicted molar refractivity (Wildman–Crippen MR) is 84.8 cm³/mol. The molecule has 20 heavy (non-hydrogen) atoms. The number of likely N-dealkylation sites (tertiary alicyclic amines) is 1. The van der Waals surface area contributed by atoms with Crippen molar-refractivity contribution in [1.82, 2.24) is 10.2 Å². The fourth-order valence-corrected chi connectivity index (χ4v) is 4.24. The third kappa shape index (κ3) is 3.07. The van der Waals surface area contributed by atoms with Gasteiger partial charge in [0.2, 0.25) is 0 Å². The largest absolute Gasteiger partial charge is 0.309 e. The average Bonchev–Trinajstić information content (AvgIpc) is 2.97. The van der Waals surface area contributed by atoms with Gasteiger partial charge in [-0.2, -0.15) is 0 Å². The highest BCUT2D eigenvalue weighted by Crippen LogP contribution is 2.37. The van der Waals surface area contributed by atoms with Crippen LogP contribution in [-0.4, -0.2) is 30.6 Å². The first-order chi connectivity index (χ1) is 9.88. The summed E-state index contributed by atoms with van der Waals surface area (Å²) in [5, 5.41) is 3.68. The summed E-state index contributed by atoms with van der Waals surface area (Å²) in [4.78, 5) is 2.78. The van der Waals surface area contributed by atoms with Gasteiger partial charge in [-0.1, -0.05) is 43.7 Å². The normalized spacial score (nSPS) is 28.2. The van der Waals surface area contributed by atoms with Crippen LogP contribution in [0.15, 0.2) is 30.3 Å². The van der Waals surface area contributed by atoms with Gasteiger partial charge in [0.05, 0.1) is 0 Å². The van der Waals surface area contributed by atoms with Gasteiger partial charge in [-0.15, -0.1) is 0 Å². The molecule has 3 atom stereocenters. The van der Waals surface area contributed by atoms with Crippen LogP contribution in [0.25, 0.3) is 0 Å². The predicted octanol–water partition coefficient (Wildman–Crippen LogP) is 3.60. The van der Waals surface area contributed by atoms with E-state index in [0.29, 0.717) is 6.04 Å². The Hall–Kier alpha value is -0.860. The van der Waals surface area contributed by atoms with Crippen LogP contribution in [0.5, 0.6) is 0 Å². The van der Waals surface area contributed by atoms with Crippen LogP contribution in [0.3, 0.4) is 0 Å². The summed E-state index contributed by atoms with van der Waals surface area (Å²) >= 11 is 0. The van der Waals surface area contributed by atoms with Crippen molar-refractivity contribution in [3.05, 3.63) is 35.9 Å². The smallest absolute Gasteiger partial charge is 0.0449 e. The van der Waals surface area contributed by atoms with E-state index in [0.717, 1.165) is 18.5 Å². The van der Waals surface area contributed by atoms with Crippen LogP contribution in [-0.2, 0) is 0 Å². The molecule has 1 aliphatic carbocycles. The van der Waals surface area contributed by atoms with Crippen molar-refractivity contribution in [2.24, 2.45) is 5.92 Å². The number of piperidine rings is 1. The molecule has 3 rings (SSSR count). The highest BCUT2D eigenvalue weighted by molar-refractivity contribution is 5.19. The van der Waals surface area contributed by atoms with E-state index in [-0.39, 0.29) is 0 Å². The molecule has 1 aromatic rings. The van der Waals surface area contributed by atoms with E-state index in [1.54, 1.807) is 0 Å². The minimum atomic E-state index is 0.487. The summed E-state index contributed by atoms with van der Waals surface area (Å²) in [6, 6.07) is 12.3. The molecule has 110 valence electrons. The Morgan fingerprint density at radius 1 is 1.15 bits per heavy atom. The summed E-state index contributed by atoms with van der Waals surface area (Å²) < 4.78 is 0. The molecule has 1 N–H and O–H groups in total. The number of nitrogens with zero attached hydrogens (tertiary/aromatic N) is 1. The van der Waals surface area contributed by atoms with E-state index >= 15 is 0 Å². The maximum Gasteiger partial charge on any atom is 0.0449 e. The zero-order chi connectivity index (χ0) is 13.8. The van der Waals surface area contributed by atoms with Gasteiger partial charge in [0.15, 0.2) is 0 Å². The number of fused-ring (bicyclic) bond motifs is 1. The number of nitrogens with one attached hydrogen (secondary N) is 1. The van der Waals surface area contributed by atoms with Crippen molar-refractivity contribution in [3.63, 3.8) is 0 Å². The fourth-order valence-electron chi connectivity index (χ4n) is 4.24. The first-order valence-corrected chi connectivity index (χ1v) is 8.41. The lowest BCUT2D eigenvalue weighted by molar-refractivity contribution is 0.101. The van der Waals surface area contributed by atoms with Crippen LogP contribution in [0.2, 0.25) is 0 Å². The summed E-state index contributed by atoms with van der Waals surface area (Å²) in [6.07, 6.45) is 7.22. The summed E-state index contributed by atoms with van der Waals surface area (Å²) in [6.45, 7) is 5.74. The topological polar surface area (TPSA) is 15.3 Å². The Morgan fingerprint density at radius 2 is 1.95 bits per heavy atom. The van der Waals surface area contributed by atoms with Gasteiger partial charge in [-0.3, -0.25) is 4.90 Å². The average molecular weight is 272 g/mol. The summed E-state index contributed by atoms with van der Waals surface area (Å²) in [5.41, 5.74) is 1.44. The molecule has 2 fully saturated rings. The number of likely N-dealkylation sites (N-methyl/N-ethyl adjacent to an activating group) is 1. The van der Waals surface area contributed by atoms with Crippen LogP contribution in [0.4, 0.5) is 0 Å². The van der Waals surface area contributed by atoms with Crippen molar-refractivity contribution in [1.29, 1.82) is 0 Å². The zero-order valence-electron chi connectivity index (χ0n) is 12.7. The first kappa shape index (κ1) is 14.1. The van der Waals surface area contributed by atoms with Crippen LogP contribution in [0, 0.1) is 5.92 Å². The summed E-state index contributed by atoms with van der Waals surface area (Å²) in [5.74, 6) is 0.988. The van der Waals surface area contributed by atoms with Gasteiger partial charge < -0.3 is 5.32 Å². The quantitative estimate of drug-likeness (QED) is 0.881. The highest BCUT2D eigenvalue weighted by Gasteiger charge is 2.35. The maximum absolute atomic E-state index is 3.68. The number of benzene rings is 1. The standard InChI is InChI=1S/C18H28N2/c1-2-19-17(15-8-4-3-5-9-15)14-20-13-7-11-16-10-6-12-18(16)20/h3-5,8-9,16-19H,2,6-7,10-14H2,1H3. The first-order valence-electron chi connectivity index (χ1n) is 8.41. The Bertz CT molecular complexity index is 403. The molecule has 2 nitrogen and oxygen atoms in total. The molecule has 1 heterocycles. The van der Waals surface area contributed by atoms with Gasteiger partial charge in [-0.25, -0.2) is 0 Å². The van der Waals surface area contributed by atoms with Gasteiger partial charge in [0.1, 0.15) is 0 Å². The lowest BCUT2D eigenvalue weighted by atomic mass is 9.91. The Balaban J connectivity index is 1.69. The summed E-state index contributed by atoms with van der Waals surface area (Å²) in [7, 11) is 0. The van der Waals surface area contributed by atoms with Crippen molar-refractivity contribution in [3.8, 4) is 0 Å². The zero-order valence-corrected chi connectivity index (χ0v) is 12.7. The molecule has 1 saturated carbocycles. The van der Waals surface area contributed by atoms with Crippen LogP contribution in [0.1, 0.15) is 50.6 Å². The molecule has 0 aromatic heterocycles. The minimum absolute atomic E-state index is 0.487. The monoisotopic (exact) mass is 272 g/mol. The molecule has 0 amide bonds. The Labute approximate surface area is 123 Å². The maximum atomic E-state index is 3.68. The molecule has 2 heteroatoms. The molecule has 0 radical (unpaired) electrons. The molecule has 1 aliphatic heterocycles. The van der Waals surface area contributed by atoms with E-state index in [1.165, 1.54) is 50.8 Å². The lowest BCUT2D eigenvalue weighted by Gasteiger charge is -2.40. The molecular formula is C18H28N2. The van der Waals surface area contributed by atoms with Crippen molar-refractivity contribution >= 4 is 0 Å². The van der Waals surface area contributed by atoms with E-state index in [2.05, 4.69) is 47.5 Å². The van der Waals surface area contributed by atoms with Gasteiger partial charge in [0.25, 0.3) is 0 Å². The second-order valence-electron chi connectivity index (χ2n) is 6.42.